The third-order valence-electron chi connectivity index (χ3n) is 4.75. The molecule has 1 N–H and O–H groups in total. The molecule has 0 atom stereocenters. The Balaban J connectivity index is 1.51. The van der Waals surface area contributed by atoms with E-state index in [1.807, 2.05) is 0 Å². The molecule has 1 aromatic heterocycles. The minimum Gasteiger partial charge on any atom is -0.305 e. The maximum Gasteiger partial charge on any atom is 0.257 e. The second-order valence-corrected chi connectivity index (χ2v) is 7.81. The highest BCUT2D eigenvalue weighted by Gasteiger charge is 2.19. The predicted octanol–water partition coefficient (Wildman–Crippen LogP) is 5.86. The Morgan fingerprint density at radius 3 is 2.38 bits per heavy atom. The van der Waals surface area contributed by atoms with Gasteiger partial charge < -0.3 is 5.32 Å². The van der Waals surface area contributed by atoms with E-state index in [-0.39, 0.29) is 16.9 Å². The average Bonchev–Trinajstić information content (AvgIpc) is 3.22. The summed E-state index contributed by atoms with van der Waals surface area (Å²) in [5.41, 5.74) is 1.61. The van der Waals surface area contributed by atoms with Crippen molar-refractivity contribution in [2.24, 2.45) is 0 Å². The van der Waals surface area contributed by atoms with Crippen molar-refractivity contribution in [3.05, 3.63) is 117 Å². The quantitative estimate of drug-likeness (QED) is 0.361. The Morgan fingerprint density at radius 1 is 0.938 bits per heavy atom. The van der Waals surface area contributed by atoms with Crippen LogP contribution >= 0.6 is 23.2 Å². The Bertz CT molecular complexity index is 1300. The van der Waals surface area contributed by atoms with Gasteiger partial charge in [0.1, 0.15) is 5.82 Å². The van der Waals surface area contributed by atoms with E-state index < -0.39 is 11.7 Å². The number of halogens is 3. The van der Waals surface area contributed by atoms with E-state index in [1.54, 1.807) is 71.5 Å². The molecular formula is C24H16Cl2FN3O2. The van der Waals surface area contributed by atoms with Crippen LogP contribution in [0.5, 0.6) is 0 Å². The lowest BCUT2D eigenvalue weighted by Gasteiger charge is -2.09. The van der Waals surface area contributed by atoms with Crippen molar-refractivity contribution in [1.29, 1.82) is 0 Å². The number of ketones is 1. The number of nitrogens with one attached hydrogen (secondary N) is 1. The van der Waals surface area contributed by atoms with E-state index in [0.717, 1.165) is 0 Å². The molecule has 0 saturated heterocycles. The van der Waals surface area contributed by atoms with Crippen LogP contribution in [0.25, 0.3) is 0 Å². The summed E-state index contributed by atoms with van der Waals surface area (Å²) in [6.45, 7) is 0.306. The summed E-state index contributed by atoms with van der Waals surface area (Å²) >= 11 is 12.0. The fourth-order valence-electron chi connectivity index (χ4n) is 3.16. The van der Waals surface area contributed by atoms with Crippen molar-refractivity contribution in [3.8, 4) is 0 Å². The summed E-state index contributed by atoms with van der Waals surface area (Å²) in [6.07, 6.45) is 1.67. The van der Waals surface area contributed by atoms with Crippen LogP contribution in [0.3, 0.4) is 0 Å². The highest BCUT2D eigenvalue weighted by Crippen LogP contribution is 2.20. The molecule has 0 aliphatic heterocycles. The molecule has 0 saturated carbocycles. The summed E-state index contributed by atoms with van der Waals surface area (Å²) in [5, 5.41) is 7.83. The molecule has 0 aliphatic rings. The van der Waals surface area contributed by atoms with Gasteiger partial charge in [-0.3, -0.25) is 14.3 Å². The topological polar surface area (TPSA) is 64.0 Å². The molecule has 3 aromatic carbocycles. The smallest absolute Gasteiger partial charge is 0.257 e. The minimum atomic E-state index is -0.465. The molecule has 0 aliphatic carbocycles. The highest BCUT2D eigenvalue weighted by molar-refractivity contribution is 6.31. The van der Waals surface area contributed by atoms with Gasteiger partial charge in [0, 0.05) is 33.4 Å². The van der Waals surface area contributed by atoms with Gasteiger partial charge in [-0.15, -0.1) is 0 Å². The second kappa shape index (κ2) is 9.34. The fourth-order valence-corrected chi connectivity index (χ4v) is 3.51. The molecule has 0 unspecified atom stereocenters. The van der Waals surface area contributed by atoms with Crippen LogP contribution in [0.2, 0.25) is 10.0 Å². The molecule has 32 heavy (non-hydrogen) atoms. The minimum absolute atomic E-state index is 0.226. The van der Waals surface area contributed by atoms with Crippen molar-refractivity contribution >= 4 is 40.7 Å². The number of nitrogens with zero attached hydrogens (tertiary/aromatic N) is 2. The maximum atomic E-state index is 13.2. The number of aromatic nitrogens is 2. The van der Waals surface area contributed by atoms with Crippen LogP contribution in [-0.4, -0.2) is 21.5 Å². The zero-order valence-electron chi connectivity index (χ0n) is 16.6. The van der Waals surface area contributed by atoms with Crippen LogP contribution in [0.1, 0.15) is 31.8 Å². The number of benzene rings is 3. The summed E-state index contributed by atoms with van der Waals surface area (Å²) < 4.78 is 14.8. The average molecular weight is 468 g/mol. The van der Waals surface area contributed by atoms with Gasteiger partial charge >= 0.3 is 0 Å². The van der Waals surface area contributed by atoms with Gasteiger partial charge in [-0.25, -0.2) is 4.39 Å². The summed E-state index contributed by atoms with van der Waals surface area (Å²) in [4.78, 5) is 25.8. The number of anilines is 1. The van der Waals surface area contributed by atoms with E-state index in [9.17, 15) is 14.0 Å². The number of carbonyl (C=O) groups excluding carboxylic acids is 2. The molecule has 160 valence electrons. The number of hydrogen-bond acceptors (Lipinski definition) is 3. The summed E-state index contributed by atoms with van der Waals surface area (Å²) in [6, 6.07) is 18.8. The van der Waals surface area contributed by atoms with E-state index in [4.69, 9.17) is 23.2 Å². The largest absolute Gasteiger partial charge is 0.305 e. The van der Waals surface area contributed by atoms with Crippen molar-refractivity contribution in [2.45, 2.75) is 6.54 Å². The Labute approximate surface area is 193 Å². The molecule has 1 amide bonds. The van der Waals surface area contributed by atoms with Crippen LogP contribution in [0.4, 0.5) is 10.2 Å². The van der Waals surface area contributed by atoms with Crippen LogP contribution in [-0.2, 0) is 6.54 Å². The van der Waals surface area contributed by atoms with Crippen molar-refractivity contribution in [1.82, 2.24) is 9.78 Å². The van der Waals surface area contributed by atoms with E-state index in [0.29, 0.717) is 33.5 Å². The lowest BCUT2D eigenvalue weighted by Crippen LogP contribution is -2.17. The highest BCUT2D eigenvalue weighted by atomic mass is 35.5. The van der Waals surface area contributed by atoms with Gasteiger partial charge in [-0.1, -0.05) is 47.5 Å². The van der Waals surface area contributed by atoms with Gasteiger partial charge in [-0.2, -0.15) is 5.10 Å². The first-order chi connectivity index (χ1) is 15.4. The predicted molar refractivity (Wildman–Crippen MR) is 122 cm³/mol. The Morgan fingerprint density at radius 2 is 1.66 bits per heavy atom. The normalized spacial score (nSPS) is 10.7. The van der Waals surface area contributed by atoms with Gasteiger partial charge in [0.05, 0.1) is 12.1 Å². The van der Waals surface area contributed by atoms with Crippen LogP contribution < -0.4 is 5.32 Å². The summed E-state index contributed by atoms with van der Waals surface area (Å²) in [7, 11) is 0. The maximum absolute atomic E-state index is 13.2. The molecular weight excluding hydrogens is 452 g/mol. The Hall–Kier alpha value is -3.48. The molecule has 0 radical (unpaired) electrons. The first-order valence-corrected chi connectivity index (χ1v) is 10.3. The standard InChI is InChI=1S/C24H16Cl2FN3O2/c25-17-8-5-15(6-9-17)23(31)19-3-1-2-4-20(19)24(32)28-22-11-12-30(29-22)14-16-7-10-18(27)13-21(16)26/h1-13H,14H2,(H,28,29,32). The molecule has 0 bridgehead atoms. The number of amides is 1. The van der Waals surface area contributed by atoms with E-state index in [2.05, 4.69) is 10.4 Å². The lowest BCUT2D eigenvalue weighted by atomic mass is 9.98. The molecule has 5 nitrogen and oxygen atoms in total. The summed E-state index contributed by atoms with van der Waals surface area (Å²) in [5.74, 6) is -0.863. The van der Waals surface area contributed by atoms with Gasteiger partial charge in [0.2, 0.25) is 0 Å². The van der Waals surface area contributed by atoms with Gasteiger partial charge in [0.25, 0.3) is 5.91 Å². The molecule has 4 aromatic rings. The second-order valence-electron chi connectivity index (χ2n) is 6.97. The van der Waals surface area contributed by atoms with E-state index in [1.165, 1.54) is 12.1 Å². The zero-order chi connectivity index (χ0) is 22.7. The zero-order valence-corrected chi connectivity index (χ0v) is 18.1. The first kappa shape index (κ1) is 21.7. The van der Waals surface area contributed by atoms with Crippen molar-refractivity contribution in [2.75, 3.05) is 5.32 Å². The monoisotopic (exact) mass is 467 g/mol. The number of hydrogen-bond donors (Lipinski definition) is 1. The molecule has 4 rings (SSSR count). The SMILES string of the molecule is O=C(Nc1ccn(Cc2ccc(F)cc2Cl)n1)c1ccccc1C(=O)c1ccc(Cl)cc1. The molecule has 0 spiro atoms. The molecule has 8 heteroatoms. The fraction of sp³-hybridized carbons (Fsp3) is 0.0417. The number of carbonyl (C=O) groups is 2. The van der Waals surface area contributed by atoms with Crippen molar-refractivity contribution in [3.63, 3.8) is 0 Å². The van der Waals surface area contributed by atoms with Gasteiger partial charge in [0.15, 0.2) is 11.6 Å². The van der Waals surface area contributed by atoms with Gasteiger partial charge in [-0.05, 0) is 48.0 Å². The van der Waals surface area contributed by atoms with Crippen LogP contribution in [0, 0.1) is 5.82 Å². The molecule has 0 fully saturated rings. The number of rotatable bonds is 6. The first-order valence-electron chi connectivity index (χ1n) is 9.59. The van der Waals surface area contributed by atoms with Crippen molar-refractivity contribution < 1.29 is 14.0 Å². The van der Waals surface area contributed by atoms with E-state index >= 15 is 0 Å². The van der Waals surface area contributed by atoms with Crippen LogP contribution in [0.15, 0.2) is 79.0 Å². The lowest BCUT2D eigenvalue weighted by molar-refractivity contribution is 0.0996. The Kier molecular flexibility index (Phi) is 6.35. The third-order valence-corrected chi connectivity index (χ3v) is 5.36. The third kappa shape index (κ3) is 4.88. The molecule has 1 heterocycles.